The third-order valence-corrected chi connectivity index (χ3v) is 2.87. The van der Waals surface area contributed by atoms with E-state index in [9.17, 15) is 14.0 Å². The van der Waals surface area contributed by atoms with Crippen molar-refractivity contribution < 1.29 is 19.1 Å². The molecule has 1 atom stereocenters. The fraction of sp³-hybridized carbons (Fsp3) is 0.385. The van der Waals surface area contributed by atoms with Gasteiger partial charge in [-0.05, 0) is 38.6 Å². The lowest BCUT2D eigenvalue weighted by Gasteiger charge is -2.20. The number of aryl methyl sites for hydroxylation is 1. The van der Waals surface area contributed by atoms with E-state index >= 15 is 0 Å². The number of hydrogen-bond acceptors (Lipinski definition) is 3. The van der Waals surface area contributed by atoms with Crippen LogP contribution in [0.2, 0.25) is 0 Å². The molecule has 0 aliphatic carbocycles. The van der Waals surface area contributed by atoms with Crippen molar-refractivity contribution in [2.24, 2.45) is 0 Å². The Labute approximate surface area is 123 Å². The summed E-state index contributed by atoms with van der Waals surface area (Å²) in [5.41, 5.74) is 0.846. The summed E-state index contributed by atoms with van der Waals surface area (Å²) in [7, 11) is 1.54. The first-order valence-electron chi connectivity index (χ1n) is 5.80. The van der Waals surface area contributed by atoms with Gasteiger partial charge in [-0.3, -0.25) is 14.5 Å². The Balaban J connectivity index is 0.00000361. The predicted octanol–water partition coefficient (Wildman–Crippen LogP) is 1.90. The molecule has 1 rings (SSSR count). The van der Waals surface area contributed by atoms with Gasteiger partial charge in [-0.25, -0.2) is 4.39 Å². The van der Waals surface area contributed by atoms with Crippen LogP contribution in [-0.2, 0) is 9.59 Å². The second kappa shape index (κ2) is 7.81. The average Bonchev–Trinajstić information content (AvgIpc) is 2.32. The Morgan fingerprint density at radius 3 is 2.55 bits per heavy atom. The molecule has 0 saturated heterocycles. The van der Waals surface area contributed by atoms with E-state index in [1.165, 1.54) is 24.9 Å². The predicted molar refractivity (Wildman–Crippen MR) is 76.7 cm³/mol. The molecule has 1 unspecified atom stereocenters. The zero-order valence-electron chi connectivity index (χ0n) is 11.5. The number of carbonyl (C=O) groups excluding carboxylic acids is 1. The number of carboxylic acids is 1. The summed E-state index contributed by atoms with van der Waals surface area (Å²) < 4.78 is 13.3. The van der Waals surface area contributed by atoms with E-state index < -0.39 is 17.8 Å². The number of carboxylic acid groups (broad SMARTS) is 1. The number of anilines is 1. The summed E-state index contributed by atoms with van der Waals surface area (Å²) in [6, 6.07) is 3.62. The van der Waals surface area contributed by atoms with E-state index in [2.05, 4.69) is 5.32 Å². The highest BCUT2D eigenvalue weighted by Gasteiger charge is 2.19. The Kier molecular flexibility index (Phi) is 7.17. The lowest BCUT2D eigenvalue weighted by molar-refractivity contribution is -0.142. The first-order chi connectivity index (χ1) is 8.81. The Morgan fingerprint density at radius 2 is 2.05 bits per heavy atom. The minimum Gasteiger partial charge on any atom is -0.480 e. The second-order valence-electron chi connectivity index (χ2n) is 4.44. The summed E-state index contributed by atoms with van der Waals surface area (Å²) in [4.78, 5) is 23.8. The molecule has 0 aliphatic heterocycles. The number of hydrogen-bond donors (Lipinski definition) is 2. The van der Waals surface area contributed by atoms with Crippen molar-refractivity contribution in [2.45, 2.75) is 19.9 Å². The molecule has 112 valence electrons. The second-order valence-corrected chi connectivity index (χ2v) is 4.44. The third-order valence-electron chi connectivity index (χ3n) is 2.87. The van der Waals surface area contributed by atoms with E-state index in [1.54, 1.807) is 19.1 Å². The molecule has 0 fully saturated rings. The molecule has 0 saturated carbocycles. The summed E-state index contributed by atoms with van der Waals surface area (Å²) in [6.45, 7) is 3.04. The number of rotatable bonds is 5. The zero-order chi connectivity index (χ0) is 14.6. The topological polar surface area (TPSA) is 69.6 Å². The van der Waals surface area contributed by atoms with Crippen molar-refractivity contribution in [3.8, 4) is 0 Å². The largest absolute Gasteiger partial charge is 0.480 e. The molecule has 20 heavy (non-hydrogen) atoms. The van der Waals surface area contributed by atoms with Crippen LogP contribution in [0.5, 0.6) is 0 Å². The van der Waals surface area contributed by atoms with Gasteiger partial charge in [-0.15, -0.1) is 12.4 Å². The number of benzene rings is 1. The van der Waals surface area contributed by atoms with Gasteiger partial charge >= 0.3 is 5.97 Å². The van der Waals surface area contributed by atoms with Crippen LogP contribution in [0.4, 0.5) is 10.1 Å². The van der Waals surface area contributed by atoms with Gasteiger partial charge in [-0.2, -0.15) is 0 Å². The molecule has 1 aromatic rings. The molecule has 0 aromatic heterocycles. The lowest BCUT2D eigenvalue weighted by Crippen LogP contribution is -2.40. The first kappa shape index (κ1) is 18.3. The number of amides is 1. The fourth-order valence-corrected chi connectivity index (χ4v) is 1.42. The van der Waals surface area contributed by atoms with E-state index in [-0.39, 0.29) is 24.9 Å². The smallest absolute Gasteiger partial charge is 0.320 e. The van der Waals surface area contributed by atoms with Crippen LogP contribution in [-0.4, -0.2) is 41.5 Å². The van der Waals surface area contributed by atoms with Crippen LogP contribution >= 0.6 is 12.4 Å². The number of carbonyl (C=O) groups is 2. The van der Waals surface area contributed by atoms with Gasteiger partial charge in [-0.1, -0.05) is 6.07 Å². The van der Waals surface area contributed by atoms with E-state index in [0.717, 1.165) is 0 Å². The van der Waals surface area contributed by atoms with Gasteiger partial charge in [0.25, 0.3) is 0 Å². The standard InChI is InChI=1S/C13H17FN2O3.ClH/c1-8-4-5-10(6-11(8)14)15-12(17)7-16(3)9(2)13(18)19;/h4-6,9H,7H2,1-3H3,(H,15,17)(H,18,19);1H. The molecule has 7 heteroatoms. The molecule has 0 heterocycles. The normalized spacial score (nSPS) is 11.7. The lowest BCUT2D eigenvalue weighted by atomic mass is 10.2. The molecule has 0 radical (unpaired) electrons. The van der Waals surface area contributed by atoms with Crippen LogP contribution in [0.25, 0.3) is 0 Å². The number of halogens is 2. The molecular formula is C13H18ClFN2O3. The van der Waals surface area contributed by atoms with Crippen molar-refractivity contribution in [1.29, 1.82) is 0 Å². The molecule has 2 N–H and O–H groups in total. The van der Waals surface area contributed by atoms with Crippen molar-refractivity contribution in [2.75, 3.05) is 18.9 Å². The Morgan fingerprint density at radius 1 is 1.45 bits per heavy atom. The fourth-order valence-electron chi connectivity index (χ4n) is 1.42. The minimum atomic E-state index is -1.00. The van der Waals surface area contributed by atoms with Crippen LogP contribution in [0, 0.1) is 12.7 Å². The maximum atomic E-state index is 13.3. The zero-order valence-corrected chi connectivity index (χ0v) is 12.3. The van der Waals surface area contributed by atoms with Crippen LogP contribution in [0.3, 0.4) is 0 Å². The van der Waals surface area contributed by atoms with Crippen molar-refractivity contribution in [1.82, 2.24) is 4.90 Å². The monoisotopic (exact) mass is 304 g/mol. The van der Waals surface area contributed by atoms with Crippen LogP contribution < -0.4 is 5.32 Å². The highest BCUT2D eigenvalue weighted by atomic mass is 35.5. The van der Waals surface area contributed by atoms with Gasteiger partial charge < -0.3 is 10.4 Å². The summed E-state index contributed by atoms with van der Waals surface area (Å²) in [5, 5.41) is 11.3. The van der Waals surface area contributed by atoms with E-state index in [0.29, 0.717) is 11.3 Å². The molecular weight excluding hydrogens is 287 g/mol. The number of likely N-dealkylation sites (N-methyl/N-ethyl adjacent to an activating group) is 1. The maximum Gasteiger partial charge on any atom is 0.320 e. The van der Waals surface area contributed by atoms with Gasteiger partial charge in [0.15, 0.2) is 0 Å². The summed E-state index contributed by atoms with van der Waals surface area (Å²) in [5.74, 6) is -1.79. The maximum absolute atomic E-state index is 13.3. The summed E-state index contributed by atoms with van der Waals surface area (Å²) in [6.07, 6.45) is 0. The SMILES string of the molecule is Cc1ccc(NC(=O)CN(C)C(C)C(=O)O)cc1F.Cl. The van der Waals surface area contributed by atoms with Gasteiger partial charge in [0.2, 0.25) is 5.91 Å². The van der Waals surface area contributed by atoms with E-state index in [1.807, 2.05) is 0 Å². The Bertz CT molecular complexity index is 497. The van der Waals surface area contributed by atoms with Crippen molar-refractivity contribution in [3.63, 3.8) is 0 Å². The third kappa shape index (κ3) is 5.14. The Hall–Kier alpha value is -1.66. The van der Waals surface area contributed by atoms with Crippen molar-refractivity contribution >= 4 is 30.0 Å². The van der Waals surface area contributed by atoms with Crippen LogP contribution in [0.15, 0.2) is 18.2 Å². The highest BCUT2D eigenvalue weighted by molar-refractivity contribution is 5.92. The highest BCUT2D eigenvalue weighted by Crippen LogP contribution is 2.13. The number of nitrogens with one attached hydrogen (secondary N) is 1. The molecule has 0 spiro atoms. The minimum absolute atomic E-state index is 0. The molecule has 0 aliphatic rings. The molecule has 5 nitrogen and oxygen atoms in total. The number of nitrogens with zero attached hydrogens (tertiary/aromatic N) is 1. The van der Waals surface area contributed by atoms with Crippen molar-refractivity contribution in [3.05, 3.63) is 29.6 Å². The van der Waals surface area contributed by atoms with Gasteiger partial charge in [0, 0.05) is 5.69 Å². The van der Waals surface area contributed by atoms with Gasteiger partial charge in [0.05, 0.1) is 6.54 Å². The molecule has 0 bridgehead atoms. The summed E-state index contributed by atoms with van der Waals surface area (Å²) >= 11 is 0. The average molecular weight is 305 g/mol. The number of aliphatic carboxylic acids is 1. The van der Waals surface area contributed by atoms with Gasteiger partial charge in [0.1, 0.15) is 11.9 Å². The van der Waals surface area contributed by atoms with Crippen LogP contribution in [0.1, 0.15) is 12.5 Å². The molecule has 1 amide bonds. The van der Waals surface area contributed by atoms with E-state index in [4.69, 9.17) is 5.11 Å². The first-order valence-corrected chi connectivity index (χ1v) is 5.80. The molecule has 1 aromatic carbocycles. The quantitative estimate of drug-likeness (QED) is 0.872.